The summed E-state index contributed by atoms with van der Waals surface area (Å²) >= 11 is 6.43. The molecule has 5 aromatic rings. The van der Waals surface area contributed by atoms with Crippen molar-refractivity contribution in [3.05, 3.63) is 76.1 Å². The lowest BCUT2D eigenvalue weighted by atomic mass is 10.2. The van der Waals surface area contributed by atoms with Gasteiger partial charge in [0.1, 0.15) is 0 Å². The SMILES string of the molecule is Brc1ccc(-c2nnc(CSc3nnc(-c4cccs4)n3Cc3ccccc3)o2)o1. The van der Waals surface area contributed by atoms with Gasteiger partial charge in [-0.25, -0.2) is 0 Å². The smallest absolute Gasteiger partial charge is 0.283 e. The van der Waals surface area contributed by atoms with E-state index in [2.05, 4.69) is 59.1 Å². The predicted molar refractivity (Wildman–Crippen MR) is 118 cm³/mol. The number of halogens is 1. The Bertz CT molecular complexity index is 1250. The van der Waals surface area contributed by atoms with Crippen LogP contribution in [-0.4, -0.2) is 25.0 Å². The second-order valence-electron chi connectivity index (χ2n) is 6.25. The van der Waals surface area contributed by atoms with Crippen LogP contribution in [0.5, 0.6) is 0 Å². The molecule has 4 aromatic heterocycles. The van der Waals surface area contributed by atoms with Crippen molar-refractivity contribution in [1.29, 1.82) is 0 Å². The van der Waals surface area contributed by atoms with Gasteiger partial charge in [0.2, 0.25) is 5.89 Å². The Balaban J connectivity index is 1.38. The molecular formula is C20H14BrN5O2S2. The minimum atomic E-state index is 0.348. The fourth-order valence-electron chi connectivity index (χ4n) is 2.86. The molecule has 0 spiro atoms. The molecule has 7 nitrogen and oxygen atoms in total. The molecular weight excluding hydrogens is 486 g/mol. The highest BCUT2D eigenvalue weighted by Crippen LogP contribution is 2.30. The third-order valence-electron chi connectivity index (χ3n) is 4.22. The Labute approximate surface area is 188 Å². The molecule has 30 heavy (non-hydrogen) atoms. The van der Waals surface area contributed by atoms with E-state index in [0.717, 1.165) is 15.9 Å². The highest BCUT2D eigenvalue weighted by Gasteiger charge is 2.18. The molecule has 4 heterocycles. The van der Waals surface area contributed by atoms with Crippen molar-refractivity contribution in [3.63, 3.8) is 0 Å². The van der Waals surface area contributed by atoms with Crippen LogP contribution in [0.1, 0.15) is 11.5 Å². The fourth-order valence-corrected chi connectivity index (χ4v) is 4.66. The fraction of sp³-hybridized carbons (Fsp3) is 0.100. The second-order valence-corrected chi connectivity index (χ2v) is 8.92. The summed E-state index contributed by atoms with van der Waals surface area (Å²) in [5, 5.41) is 19.9. The maximum atomic E-state index is 5.73. The van der Waals surface area contributed by atoms with Crippen LogP contribution in [0.25, 0.3) is 22.4 Å². The summed E-state index contributed by atoms with van der Waals surface area (Å²) in [7, 11) is 0. The topological polar surface area (TPSA) is 82.8 Å². The van der Waals surface area contributed by atoms with Crippen LogP contribution in [0.4, 0.5) is 0 Å². The number of thiophene rings is 1. The Hall–Kier alpha value is -2.69. The van der Waals surface area contributed by atoms with Crippen molar-refractivity contribution in [1.82, 2.24) is 25.0 Å². The third kappa shape index (κ3) is 4.11. The van der Waals surface area contributed by atoms with Crippen LogP contribution in [0.3, 0.4) is 0 Å². The summed E-state index contributed by atoms with van der Waals surface area (Å²) < 4.78 is 13.9. The summed E-state index contributed by atoms with van der Waals surface area (Å²) in [5.74, 6) is 2.70. The van der Waals surface area contributed by atoms with E-state index in [9.17, 15) is 0 Å². The first-order valence-electron chi connectivity index (χ1n) is 8.98. The number of hydrogen-bond acceptors (Lipinski definition) is 8. The molecule has 0 N–H and O–H groups in total. The first kappa shape index (κ1) is 19.3. The van der Waals surface area contributed by atoms with Gasteiger partial charge in [-0.15, -0.1) is 31.7 Å². The van der Waals surface area contributed by atoms with Gasteiger partial charge in [0.25, 0.3) is 5.89 Å². The van der Waals surface area contributed by atoms with E-state index in [1.807, 2.05) is 29.6 Å². The predicted octanol–water partition coefficient (Wildman–Crippen LogP) is 5.75. The lowest BCUT2D eigenvalue weighted by Gasteiger charge is -2.09. The monoisotopic (exact) mass is 499 g/mol. The molecule has 0 aliphatic heterocycles. The third-order valence-corrected chi connectivity index (χ3v) is 6.46. The van der Waals surface area contributed by atoms with Gasteiger partial charge in [0.15, 0.2) is 21.4 Å². The molecule has 1 aromatic carbocycles. The summed E-state index contributed by atoms with van der Waals surface area (Å²) in [6.45, 7) is 0.679. The van der Waals surface area contributed by atoms with Crippen molar-refractivity contribution in [2.45, 2.75) is 17.5 Å². The molecule has 0 aliphatic carbocycles. The molecule has 0 amide bonds. The number of nitrogens with zero attached hydrogens (tertiary/aromatic N) is 5. The standard InChI is InChI=1S/C20H14BrN5O2S2/c21-16-9-8-14(27-16)19-24-22-17(28-19)12-30-20-25-23-18(15-7-4-10-29-15)26(20)11-13-5-2-1-3-6-13/h1-10H,11-12H2. The zero-order chi connectivity index (χ0) is 20.3. The van der Waals surface area contributed by atoms with Crippen molar-refractivity contribution < 1.29 is 8.83 Å². The lowest BCUT2D eigenvalue weighted by molar-refractivity contribution is 0.486. The molecule has 5 rings (SSSR count). The number of rotatable bonds is 7. The van der Waals surface area contributed by atoms with Gasteiger partial charge in [-0.2, -0.15) is 0 Å². The zero-order valence-corrected chi connectivity index (χ0v) is 18.7. The quantitative estimate of drug-likeness (QED) is 0.263. The first-order chi connectivity index (χ1) is 14.8. The lowest BCUT2D eigenvalue weighted by Crippen LogP contribution is -2.03. The molecule has 0 atom stereocenters. The molecule has 0 saturated carbocycles. The number of thioether (sulfide) groups is 1. The van der Waals surface area contributed by atoms with Gasteiger partial charge in [0.05, 0.1) is 17.2 Å². The van der Waals surface area contributed by atoms with E-state index >= 15 is 0 Å². The number of furan rings is 1. The van der Waals surface area contributed by atoms with E-state index in [0.29, 0.717) is 34.5 Å². The van der Waals surface area contributed by atoms with E-state index in [-0.39, 0.29) is 0 Å². The van der Waals surface area contributed by atoms with E-state index < -0.39 is 0 Å². The number of benzene rings is 1. The molecule has 0 aliphatic rings. The van der Waals surface area contributed by atoms with E-state index in [1.54, 1.807) is 23.5 Å². The van der Waals surface area contributed by atoms with E-state index in [4.69, 9.17) is 8.83 Å². The summed E-state index contributed by atoms with van der Waals surface area (Å²) in [5.41, 5.74) is 1.18. The minimum absolute atomic E-state index is 0.348. The summed E-state index contributed by atoms with van der Waals surface area (Å²) in [6.07, 6.45) is 0. The van der Waals surface area contributed by atoms with Crippen molar-refractivity contribution in [2.24, 2.45) is 0 Å². The van der Waals surface area contributed by atoms with Crippen LogP contribution >= 0.6 is 39.0 Å². The Morgan fingerprint density at radius 1 is 0.933 bits per heavy atom. The molecule has 10 heteroatoms. The minimum Gasteiger partial charge on any atom is -0.444 e. The second kappa shape index (κ2) is 8.58. The largest absolute Gasteiger partial charge is 0.444 e. The van der Waals surface area contributed by atoms with Crippen LogP contribution in [0, 0.1) is 0 Å². The number of hydrogen-bond donors (Lipinski definition) is 0. The van der Waals surface area contributed by atoms with Crippen LogP contribution in [0.15, 0.2) is 78.6 Å². The van der Waals surface area contributed by atoms with Crippen molar-refractivity contribution >= 4 is 39.0 Å². The maximum Gasteiger partial charge on any atom is 0.283 e. The summed E-state index contributed by atoms with van der Waals surface area (Å²) in [6, 6.07) is 17.9. The van der Waals surface area contributed by atoms with Crippen LogP contribution in [0.2, 0.25) is 0 Å². The zero-order valence-electron chi connectivity index (χ0n) is 15.4. The van der Waals surface area contributed by atoms with Gasteiger partial charge in [-0.1, -0.05) is 48.2 Å². The van der Waals surface area contributed by atoms with Gasteiger partial charge in [-0.3, -0.25) is 4.57 Å². The Kier molecular flexibility index (Phi) is 5.52. The Morgan fingerprint density at radius 2 is 1.83 bits per heavy atom. The van der Waals surface area contributed by atoms with Gasteiger partial charge < -0.3 is 8.83 Å². The van der Waals surface area contributed by atoms with Crippen molar-refractivity contribution in [3.8, 4) is 22.4 Å². The number of aromatic nitrogens is 5. The molecule has 150 valence electrons. The molecule has 0 saturated heterocycles. The molecule has 0 radical (unpaired) electrons. The normalized spacial score (nSPS) is 11.2. The Morgan fingerprint density at radius 3 is 2.60 bits per heavy atom. The van der Waals surface area contributed by atoms with Gasteiger partial charge in [0, 0.05) is 0 Å². The van der Waals surface area contributed by atoms with Gasteiger partial charge >= 0.3 is 0 Å². The van der Waals surface area contributed by atoms with Crippen LogP contribution < -0.4 is 0 Å². The molecule has 0 unspecified atom stereocenters. The first-order valence-corrected chi connectivity index (χ1v) is 11.6. The molecule has 0 bridgehead atoms. The summed E-state index contributed by atoms with van der Waals surface area (Å²) in [4.78, 5) is 1.08. The van der Waals surface area contributed by atoms with Gasteiger partial charge in [-0.05, 0) is 45.1 Å². The highest BCUT2D eigenvalue weighted by molar-refractivity contribution is 9.10. The van der Waals surface area contributed by atoms with E-state index in [1.165, 1.54) is 17.3 Å². The average Bonchev–Trinajstić information content (AvgIpc) is 3.55. The maximum absolute atomic E-state index is 5.73. The average molecular weight is 500 g/mol. The molecule has 0 fully saturated rings. The van der Waals surface area contributed by atoms with Crippen molar-refractivity contribution in [2.75, 3.05) is 0 Å². The van der Waals surface area contributed by atoms with Crippen LogP contribution in [-0.2, 0) is 12.3 Å². The highest BCUT2D eigenvalue weighted by atomic mass is 79.9.